The number of nitrogens with one attached hydrogen (secondary N) is 2. The molecule has 1 amide bonds. The average molecular weight is 563 g/mol. The van der Waals surface area contributed by atoms with Gasteiger partial charge in [0, 0.05) is 31.5 Å². The van der Waals surface area contributed by atoms with Crippen molar-refractivity contribution in [2.75, 3.05) is 10.2 Å². The fourth-order valence-corrected chi connectivity index (χ4v) is 5.53. The van der Waals surface area contributed by atoms with Crippen LogP contribution in [0, 0.1) is 5.92 Å². The number of carbonyl (C=O) groups is 1. The zero-order valence-corrected chi connectivity index (χ0v) is 21.2. The lowest BCUT2D eigenvalue weighted by atomic mass is 9.78. The normalized spacial score (nSPS) is 23.3. The topological polar surface area (TPSA) is 53.6 Å². The molecule has 2 bridgehead atoms. The summed E-state index contributed by atoms with van der Waals surface area (Å²) in [4.78, 5) is 15.6. The molecule has 3 atom stereocenters. The third kappa shape index (κ3) is 3.97. The highest BCUT2D eigenvalue weighted by atomic mass is 79.9. The van der Waals surface area contributed by atoms with Crippen molar-refractivity contribution in [3.8, 4) is 5.75 Å². The molecular weight excluding hydrogens is 545 g/mol. The number of halogens is 3. The maximum atomic E-state index is 13.7. The van der Waals surface area contributed by atoms with Gasteiger partial charge in [-0.05, 0) is 85.9 Å². The molecule has 0 aromatic heterocycles. The van der Waals surface area contributed by atoms with E-state index in [1.54, 1.807) is 36.4 Å². The molecule has 33 heavy (non-hydrogen) atoms. The second-order valence-electron chi connectivity index (χ2n) is 8.05. The number of carbonyl (C=O) groups excluding carboxylic acids is 1. The van der Waals surface area contributed by atoms with Gasteiger partial charge in [0.1, 0.15) is 11.7 Å². The van der Waals surface area contributed by atoms with Crippen molar-refractivity contribution < 1.29 is 9.53 Å². The minimum atomic E-state index is -1.10. The van der Waals surface area contributed by atoms with E-state index in [0.29, 0.717) is 26.6 Å². The SMILES string of the molecule is C[C@@]12Oc3ccc(Br)cc3[C@H](NC(=S)N1c1ccc(Cl)cc1)[C@@H]2C(=O)Nc1ccc(Cl)cc1. The van der Waals surface area contributed by atoms with Crippen LogP contribution >= 0.6 is 51.3 Å². The zero-order valence-electron chi connectivity index (χ0n) is 17.3. The Morgan fingerprint density at radius 1 is 1.09 bits per heavy atom. The van der Waals surface area contributed by atoms with Gasteiger partial charge in [0.2, 0.25) is 5.91 Å². The molecule has 0 aliphatic carbocycles. The molecule has 2 heterocycles. The number of ether oxygens (including phenoxy) is 1. The maximum Gasteiger partial charge on any atom is 0.236 e. The second-order valence-corrected chi connectivity index (χ2v) is 10.2. The van der Waals surface area contributed by atoms with Gasteiger partial charge in [-0.2, -0.15) is 0 Å². The van der Waals surface area contributed by atoms with E-state index in [0.717, 1.165) is 15.7 Å². The largest absolute Gasteiger partial charge is 0.467 e. The number of benzene rings is 3. The first-order valence-corrected chi connectivity index (χ1v) is 12.1. The summed E-state index contributed by atoms with van der Waals surface area (Å²) in [5, 5.41) is 8.07. The lowest BCUT2D eigenvalue weighted by molar-refractivity contribution is -0.130. The smallest absolute Gasteiger partial charge is 0.236 e. The second kappa shape index (κ2) is 8.47. The van der Waals surface area contributed by atoms with Crippen LogP contribution in [0.15, 0.2) is 71.2 Å². The molecule has 3 aromatic rings. The first-order valence-electron chi connectivity index (χ1n) is 10.2. The number of hydrogen-bond donors (Lipinski definition) is 2. The first kappa shape index (κ1) is 22.5. The van der Waals surface area contributed by atoms with Crippen molar-refractivity contribution in [3.05, 3.63) is 86.8 Å². The Bertz CT molecular complexity index is 1260. The highest BCUT2D eigenvalue weighted by molar-refractivity contribution is 9.10. The number of thiocarbonyl (C=S) groups is 1. The van der Waals surface area contributed by atoms with E-state index in [1.807, 2.05) is 42.2 Å². The summed E-state index contributed by atoms with van der Waals surface area (Å²) in [6.07, 6.45) is 0. The number of nitrogens with zero attached hydrogens (tertiary/aromatic N) is 1. The first-order chi connectivity index (χ1) is 15.8. The molecule has 1 saturated heterocycles. The van der Waals surface area contributed by atoms with Crippen molar-refractivity contribution in [3.63, 3.8) is 0 Å². The minimum Gasteiger partial charge on any atom is -0.467 e. The Labute approximate surface area is 215 Å². The maximum absolute atomic E-state index is 13.7. The van der Waals surface area contributed by atoms with Crippen molar-refractivity contribution in [1.29, 1.82) is 0 Å². The predicted molar refractivity (Wildman–Crippen MR) is 139 cm³/mol. The highest BCUT2D eigenvalue weighted by Gasteiger charge is 2.59. The van der Waals surface area contributed by atoms with Crippen LogP contribution in [-0.2, 0) is 4.79 Å². The highest BCUT2D eigenvalue weighted by Crippen LogP contribution is 2.50. The lowest BCUT2D eigenvalue weighted by Crippen LogP contribution is -2.72. The van der Waals surface area contributed by atoms with E-state index in [9.17, 15) is 4.79 Å². The van der Waals surface area contributed by atoms with Gasteiger partial charge in [0.15, 0.2) is 10.8 Å². The third-order valence-electron chi connectivity index (χ3n) is 5.94. The van der Waals surface area contributed by atoms with Gasteiger partial charge in [0.05, 0.1) is 6.04 Å². The lowest BCUT2D eigenvalue weighted by Gasteiger charge is -2.56. The fourth-order valence-electron chi connectivity index (χ4n) is 4.49. The van der Waals surface area contributed by atoms with Crippen LogP contribution in [0.25, 0.3) is 0 Å². The Morgan fingerprint density at radius 2 is 1.73 bits per heavy atom. The van der Waals surface area contributed by atoms with Crippen LogP contribution in [0.3, 0.4) is 0 Å². The molecule has 0 radical (unpaired) electrons. The van der Waals surface area contributed by atoms with Crippen LogP contribution in [0.1, 0.15) is 18.5 Å². The predicted octanol–water partition coefficient (Wildman–Crippen LogP) is 6.56. The van der Waals surface area contributed by atoms with Crippen molar-refractivity contribution in [1.82, 2.24) is 5.32 Å². The Hall–Kier alpha value is -2.32. The van der Waals surface area contributed by atoms with E-state index < -0.39 is 11.6 Å². The molecule has 2 aliphatic heterocycles. The van der Waals surface area contributed by atoms with Gasteiger partial charge in [-0.25, -0.2) is 0 Å². The number of fused-ring (bicyclic) bond motifs is 4. The van der Waals surface area contributed by atoms with E-state index in [-0.39, 0.29) is 11.9 Å². The summed E-state index contributed by atoms with van der Waals surface area (Å²) >= 11 is 21.4. The summed E-state index contributed by atoms with van der Waals surface area (Å²) < 4.78 is 7.45. The molecular formula is C24H18BrCl2N3O2S. The number of amides is 1. The van der Waals surface area contributed by atoms with Gasteiger partial charge in [-0.1, -0.05) is 39.1 Å². The van der Waals surface area contributed by atoms with Crippen LogP contribution in [0.5, 0.6) is 5.75 Å². The molecule has 1 fully saturated rings. The molecule has 0 spiro atoms. The Kier molecular flexibility index (Phi) is 5.77. The van der Waals surface area contributed by atoms with E-state index in [2.05, 4.69) is 26.6 Å². The van der Waals surface area contributed by atoms with Crippen LogP contribution in [-0.4, -0.2) is 16.7 Å². The van der Waals surface area contributed by atoms with Crippen molar-refractivity contribution in [2.24, 2.45) is 5.92 Å². The summed E-state index contributed by atoms with van der Waals surface area (Å²) in [7, 11) is 0. The molecule has 0 saturated carbocycles. The van der Waals surface area contributed by atoms with Crippen LogP contribution in [0.2, 0.25) is 10.0 Å². The van der Waals surface area contributed by atoms with E-state index in [1.165, 1.54) is 0 Å². The van der Waals surface area contributed by atoms with Gasteiger partial charge in [-0.15, -0.1) is 0 Å². The standard InChI is InChI=1S/C24H18BrCl2N3O2S/c1-24-20(22(31)28-16-7-3-14(26)4-8-16)21(18-12-13(25)2-11-19(18)32-24)29-23(33)30(24)17-9-5-15(27)6-10-17/h2-12,20-21H,1H3,(H,28,31)(H,29,33)/t20-,21+,24+/m1/s1. The van der Waals surface area contributed by atoms with E-state index >= 15 is 0 Å². The molecule has 168 valence electrons. The van der Waals surface area contributed by atoms with E-state index in [4.69, 9.17) is 40.2 Å². The van der Waals surface area contributed by atoms with Gasteiger partial charge in [0.25, 0.3) is 0 Å². The fraction of sp³-hybridized carbons (Fsp3) is 0.167. The summed E-state index contributed by atoms with van der Waals surface area (Å²) in [5.74, 6) is -0.156. The number of hydrogen-bond acceptors (Lipinski definition) is 3. The quantitative estimate of drug-likeness (QED) is 0.354. The van der Waals surface area contributed by atoms with Gasteiger partial charge >= 0.3 is 0 Å². The summed E-state index contributed by atoms with van der Waals surface area (Å²) in [5.41, 5.74) is 1.17. The molecule has 2 aliphatic rings. The Morgan fingerprint density at radius 3 is 2.39 bits per heavy atom. The number of anilines is 2. The molecule has 5 nitrogen and oxygen atoms in total. The molecule has 9 heteroatoms. The van der Waals surface area contributed by atoms with Crippen molar-refractivity contribution >= 4 is 73.7 Å². The summed E-state index contributed by atoms with van der Waals surface area (Å²) in [6.45, 7) is 1.89. The van der Waals surface area contributed by atoms with Crippen LogP contribution in [0.4, 0.5) is 11.4 Å². The zero-order chi connectivity index (χ0) is 23.3. The Balaban J connectivity index is 1.62. The molecule has 3 aromatic carbocycles. The average Bonchev–Trinajstić information content (AvgIpc) is 2.77. The van der Waals surface area contributed by atoms with Gasteiger partial charge < -0.3 is 15.4 Å². The number of rotatable bonds is 3. The minimum absolute atomic E-state index is 0.204. The summed E-state index contributed by atoms with van der Waals surface area (Å²) in [6, 6.07) is 19.7. The van der Waals surface area contributed by atoms with Crippen LogP contribution < -0.4 is 20.3 Å². The van der Waals surface area contributed by atoms with Crippen molar-refractivity contribution in [2.45, 2.75) is 18.7 Å². The molecule has 0 unspecified atom stereocenters. The third-order valence-corrected chi connectivity index (χ3v) is 7.24. The van der Waals surface area contributed by atoms with Gasteiger partial charge in [-0.3, -0.25) is 9.69 Å². The molecule has 2 N–H and O–H groups in total. The monoisotopic (exact) mass is 561 g/mol. The molecule has 5 rings (SSSR count).